The molecule has 2 unspecified atom stereocenters. The van der Waals surface area contributed by atoms with Gasteiger partial charge in [-0.05, 0) is 44.9 Å². The van der Waals surface area contributed by atoms with Gasteiger partial charge in [-0.3, -0.25) is 4.90 Å². The number of hydrogen-bond acceptors (Lipinski definition) is 6. The predicted octanol–water partition coefficient (Wildman–Crippen LogP) is 3.88. The first-order valence-corrected chi connectivity index (χ1v) is 11.2. The molecule has 1 aromatic rings. The fraction of sp³-hybridized carbons (Fsp3) is 0.800. The second-order valence-electron chi connectivity index (χ2n) is 8.45. The van der Waals surface area contributed by atoms with Crippen molar-refractivity contribution >= 4 is 17.3 Å². The van der Waals surface area contributed by atoms with Crippen LogP contribution in [-0.2, 0) is 20.8 Å². The Labute approximate surface area is 178 Å². The van der Waals surface area contributed by atoms with Gasteiger partial charge in [-0.1, -0.05) is 0 Å². The zero-order chi connectivity index (χ0) is 21.8. The number of fused-ring (bicyclic) bond motifs is 1. The number of hydrogen-bond donors (Lipinski definition) is 1. The molecule has 170 valence electrons. The van der Waals surface area contributed by atoms with E-state index in [1.165, 1.54) is 36.3 Å². The van der Waals surface area contributed by atoms with E-state index < -0.39 is 12.1 Å². The SMILES string of the molecule is Cc1ncsc1CN1CCC2OCCCC2(COCC2CC2)C1.O=C(O)C(F)(F)F. The van der Waals surface area contributed by atoms with Crippen LogP contribution < -0.4 is 0 Å². The molecule has 3 fully saturated rings. The number of piperidine rings is 1. The minimum Gasteiger partial charge on any atom is -0.475 e. The van der Waals surface area contributed by atoms with Crippen molar-refractivity contribution in [2.75, 3.05) is 32.9 Å². The molecule has 1 aromatic heterocycles. The summed E-state index contributed by atoms with van der Waals surface area (Å²) in [5.74, 6) is -1.92. The molecule has 1 saturated carbocycles. The number of carbonyl (C=O) groups is 1. The van der Waals surface area contributed by atoms with Crippen molar-refractivity contribution < 1.29 is 32.5 Å². The molecule has 2 saturated heterocycles. The molecule has 1 N–H and O–H groups in total. The average molecular weight is 451 g/mol. The number of ether oxygens (including phenoxy) is 2. The number of carboxylic acid groups (broad SMARTS) is 1. The topological polar surface area (TPSA) is 71.9 Å². The molecule has 10 heteroatoms. The number of alkyl halides is 3. The van der Waals surface area contributed by atoms with Crippen LogP contribution in [0.2, 0.25) is 0 Å². The number of aliphatic carboxylic acids is 1. The Bertz CT molecular complexity index is 710. The normalized spacial score (nSPS) is 27.1. The molecule has 0 spiro atoms. The monoisotopic (exact) mass is 450 g/mol. The van der Waals surface area contributed by atoms with Gasteiger partial charge in [0, 0.05) is 43.1 Å². The molecule has 1 aliphatic carbocycles. The fourth-order valence-electron chi connectivity index (χ4n) is 4.12. The number of aromatic nitrogens is 1. The van der Waals surface area contributed by atoms with Crippen molar-refractivity contribution in [2.45, 2.75) is 57.9 Å². The highest BCUT2D eigenvalue weighted by Crippen LogP contribution is 2.41. The van der Waals surface area contributed by atoms with Gasteiger partial charge in [-0.15, -0.1) is 11.3 Å². The molecule has 0 amide bonds. The van der Waals surface area contributed by atoms with Gasteiger partial charge < -0.3 is 14.6 Å². The summed E-state index contributed by atoms with van der Waals surface area (Å²) in [5, 5.41) is 7.12. The largest absolute Gasteiger partial charge is 0.490 e. The Morgan fingerprint density at radius 3 is 2.77 bits per heavy atom. The minimum absolute atomic E-state index is 0.212. The Hall–Kier alpha value is -1.23. The third-order valence-corrected chi connectivity index (χ3v) is 6.88. The highest BCUT2D eigenvalue weighted by Gasteiger charge is 2.46. The van der Waals surface area contributed by atoms with Crippen molar-refractivity contribution in [3.05, 3.63) is 16.1 Å². The quantitative estimate of drug-likeness (QED) is 0.709. The van der Waals surface area contributed by atoms with Gasteiger partial charge in [0.05, 0.1) is 23.9 Å². The zero-order valence-electron chi connectivity index (χ0n) is 17.1. The van der Waals surface area contributed by atoms with Crippen molar-refractivity contribution in [1.82, 2.24) is 9.88 Å². The van der Waals surface area contributed by atoms with Crippen molar-refractivity contribution in [1.29, 1.82) is 0 Å². The van der Waals surface area contributed by atoms with Crippen LogP contribution in [0.15, 0.2) is 5.51 Å². The molecule has 3 heterocycles. The maximum Gasteiger partial charge on any atom is 0.490 e. The van der Waals surface area contributed by atoms with Gasteiger partial charge >= 0.3 is 12.1 Å². The van der Waals surface area contributed by atoms with Crippen LogP contribution in [0.3, 0.4) is 0 Å². The summed E-state index contributed by atoms with van der Waals surface area (Å²) >= 11 is 1.79. The minimum atomic E-state index is -5.08. The van der Waals surface area contributed by atoms with Crippen LogP contribution in [0.4, 0.5) is 13.2 Å². The van der Waals surface area contributed by atoms with E-state index in [0.29, 0.717) is 6.10 Å². The third kappa shape index (κ3) is 6.38. The van der Waals surface area contributed by atoms with E-state index in [-0.39, 0.29) is 5.41 Å². The zero-order valence-corrected chi connectivity index (χ0v) is 17.9. The number of rotatable bonds is 6. The number of halogens is 3. The molecule has 0 aromatic carbocycles. The Morgan fingerprint density at radius 1 is 1.43 bits per heavy atom. The molecular weight excluding hydrogens is 421 g/mol. The second-order valence-corrected chi connectivity index (χ2v) is 9.39. The first kappa shape index (κ1) is 23.4. The number of aryl methyl sites for hydroxylation is 1. The molecule has 30 heavy (non-hydrogen) atoms. The summed E-state index contributed by atoms with van der Waals surface area (Å²) in [6.45, 7) is 8.17. The molecule has 0 radical (unpaired) electrons. The summed E-state index contributed by atoms with van der Waals surface area (Å²) in [4.78, 5) is 17.3. The highest BCUT2D eigenvalue weighted by atomic mass is 32.1. The lowest BCUT2D eigenvalue weighted by Gasteiger charge is -2.50. The Morgan fingerprint density at radius 2 is 2.17 bits per heavy atom. The summed E-state index contributed by atoms with van der Waals surface area (Å²) in [6.07, 6.45) is 1.61. The van der Waals surface area contributed by atoms with Gasteiger partial charge in [-0.2, -0.15) is 13.2 Å². The summed E-state index contributed by atoms with van der Waals surface area (Å²) in [7, 11) is 0. The second kappa shape index (κ2) is 9.93. The van der Waals surface area contributed by atoms with Gasteiger partial charge in [0.2, 0.25) is 0 Å². The van der Waals surface area contributed by atoms with E-state index in [1.807, 2.05) is 5.51 Å². The Kier molecular flexibility index (Phi) is 7.76. The lowest BCUT2D eigenvalue weighted by molar-refractivity contribution is -0.192. The van der Waals surface area contributed by atoms with E-state index in [2.05, 4.69) is 16.8 Å². The number of thiazole rings is 1. The summed E-state index contributed by atoms with van der Waals surface area (Å²) < 4.78 is 44.0. The molecule has 6 nitrogen and oxygen atoms in total. The van der Waals surface area contributed by atoms with Gasteiger partial charge in [0.15, 0.2) is 0 Å². The molecule has 3 aliphatic rings. The van der Waals surface area contributed by atoms with Crippen LogP contribution in [0.5, 0.6) is 0 Å². The standard InChI is InChI=1S/C18H28N2O2S.C2HF3O2/c1-14-16(23-13-19-14)9-20-7-5-17-18(11-20,6-2-8-22-17)12-21-10-15-3-4-15;3-2(4,5)1(6)7/h13,15,17H,2-12H2,1H3;(H,6,7). The molecule has 0 bridgehead atoms. The fourth-order valence-corrected chi connectivity index (χ4v) is 4.94. The summed E-state index contributed by atoms with van der Waals surface area (Å²) in [6, 6.07) is 0. The third-order valence-electron chi connectivity index (χ3n) is 5.96. The molecular formula is C20H29F3N2O4S. The molecule has 2 atom stereocenters. The van der Waals surface area contributed by atoms with Gasteiger partial charge in [-0.25, -0.2) is 9.78 Å². The molecule has 4 rings (SSSR count). The highest BCUT2D eigenvalue weighted by molar-refractivity contribution is 7.09. The molecule has 2 aliphatic heterocycles. The maximum absolute atomic E-state index is 10.6. The van der Waals surface area contributed by atoms with E-state index >= 15 is 0 Å². The summed E-state index contributed by atoms with van der Waals surface area (Å²) in [5.41, 5.74) is 3.37. The van der Waals surface area contributed by atoms with Crippen molar-refractivity contribution in [2.24, 2.45) is 11.3 Å². The average Bonchev–Trinajstić information content (AvgIpc) is 3.43. The number of likely N-dealkylation sites (tertiary alicyclic amines) is 1. The van der Waals surface area contributed by atoms with Gasteiger partial charge in [0.25, 0.3) is 0 Å². The predicted molar refractivity (Wildman–Crippen MR) is 105 cm³/mol. The van der Waals surface area contributed by atoms with E-state index in [4.69, 9.17) is 19.4 Å². The number of nitrogens with zero attached hydrogens (tertiary/aromatic N) is 2. The van der Waals surface area contributed by atoms with Crippen LogP contribution in [-0.4, -0.2) is 66.2 Å². The number of carboxylic acids is 1. The van der Waals surface area contributed by atoms with E-state index in [1.54, 1.807) is 11.3 Å². The van der Waals surface area contributed by atoms with Crippen LogP contribution in [0, 0.1) is 18.3 Å². The smallest absolute Gasteiger partial charge is 0.475 e. The van der Waals surface area contributed by atoms with Crippen LogP contribution >= 0.6 is 11.3 Å². The first-order chi connectivity index (χ1) is 14.2. The first-order valence-electron chi connectivity index (χ1n) is 10.3. The van der Waals surface area contributed by atoms with Crippen molar-refractivity contribution in [3.63, 3.8) is 0 Å². The Balaban J connectivity index is 0.000000318. The van der Waals surface area contributed by atoms with E-state index in [9.17, 15) is 13.2 Å². The lowest BCUT2D eigenvalue weighted by Crippen LogP contribution is -2.56. The van der Waals surface area contributed by atoms with E-state index in [0.717, 1.165) is 51.8 Å². The maximum atomic E-state index is 10.6. The lowest BCUT2D eigenvalue weighted by atomic mass is 9.73. The van der Waals surface area contributed by atoms with Gasteiger partial charge in [0.1, 0.15) is 0 Å². The van der Waals surface area contributed by atoms with Crippen molar-refractivity contribution in [3.8, 4) is 0 Å². The van der Waals surface area contributed by atoms with Crippen LogP contribution in [0.1, 0.15) is 42.7 Å². The van der Waals surface area contributed by atoms with Crippen LogP contribution in [0.25, 0.3) is 0 Å².